The van der Waals surface area contributed by atoms with Crippen LogP contribution in [0.5, 0.6) is 5.75 Å². The SMILES string of the molecule is CCCC(=O)OC(C)c1ccc(CCOc2ccc(CC(C)(SC(=O)NC=O)C(=O)OCc3ccccc3)cc2)nc1. The Morgan fingerprint density at radius 2 is 1.76 bits per heavy atom. The van der Waals surface area contributed by atoms with Crippen molar-refractivity contribution in [3.63, 3.8) is 0 Å². The van der Waals surface area contributed by atoms with Crippen molar-refractivity contribution < 1.29 is 33.4 Å². The van der Waals surface area contributed by atoms with E-state index in [1.54, 1.807) is 25.3 Å². The maximum Gasteiger partial charge on any atom is 0.323 e. The Labute approximate surface area is 250 Å². The third kappa shape index (κ3) is 10.3. The zero-order valence-corrected chi connectivity index (χ0v) is 24.9. The average molecular weight is 593 g/mol. The molecule has 0 aliphatic heterocycles. The van der Waals surface area contributed by atoms with Crippen LogP contribution < -0.4 is 10.1 Å². The van der Waals surface area contributed by atoms with Crippen LogP contribution in [0.2, 0.25) is 0 Å². The number of rotatable bonds is 15. The van der Waals surface area contributed by atoms with Crippen LogP contribution in [0.3, 0.4) is 0 Å². The molecule has 222 valence electrons. The molecule has 0 fully saturated rings. The van der Waals surface area contributed by atoms with Crippen molar-refractivity contribution in [3.8, 4) is 5.75 Å². The highest BCUT2D eigenvalue weighted by Gasteiger charge is 2.38. The lowest BCUT2D eigenvalue weighted by molar-refractivity contribution is -0.149. The lowest BCUT2D eigenvalue weighted by atomic mass is 10.00. The van der Waals surface area contributed by atoms with Gasteiger partial charge in [-0.05, 0) is 67.8 Å². The summed E-state index contributed by atoms with van der Waals surface area (Å²) >= 11 is 0.714. The summed E-state index contributed by atoms with van der Waals surface area (Å²) in [5, 5.41) is 1.43. The van der Waals surface area contributed by atoms with Gasteiger partial charge in [-0.1, -0.05) is 55.5 Å². The van der Waals surface area contributed by atoms with Crippen molar-refractivity contribution in [3.05, 3.63) is 95.3 Å². The Kier molecular flexibility index (Phi) is 12.6. The molecule has 2 aromatic carbocycles. The van der Waals surface area contributed by atoms with Gasteiger partial charge in [0.05, 0.1) is 6.61 Å². The molecule has 2 unspecified atom stereocenters. The number of thioether (sulfide) groups is 1. The summed E-state index contributed by atoms with van der Waals surface area (Å²) in [6, 6.07) is 20.3. The number of nitrogens with zero attached hydrogens (tertiary/aromatic N) is 1. The fourth-order valence-electron chi connectivity index (χ4n) is 4.03. The number of nitrogens with one attached hydrogen (secondary N) is 1. The van der Waals surface area contributed by atoms with E-state index in [2.05, 4.69) is 10.3 Å². The number of aromatic nitrogens is 1. The smallest absolute Gasteiger partial charge is 0.323 e. The van der Waals surface area contributed by atoms with Gasteiger partial charge in [0.2, 0.25) is 6.41 Å². The van der Waals surface area contributed by atoms with Crippen LogP contribution in [0.15, 0.2) is 72.9 Å². The number of carbonyl (C=O) groups is 4. The molecule has 0 aliphatic carbocycles. The molecule has 0 spiro atoms. The summed E-state index contributed by atoms with van der Waals surface area (Å²) < 4.78 is 15.5. The van der Waals surface area contributed by atoms with Gasteiger partial charge in [-0.25, -0.2) is 0 Å². The molecule has 0 bridgehead atoms. The number of ether oxygens (including phenoxy) is 3. The van der Waals surface area contributed by atoms with Gasteiger partial charge in [-0.15, -0.1) is 0 Å². The summed E-state index contributed by atoms with van der Waals surface area (Å²) in [4.78, 5) is 52.2. The number of pyridine rings is 1. The number of benzene rings is 2. The highest BCUT2D eigenvalue weighted by molar-refractivity contribution is 8.15. The minimum atomic E-state index is -1.27. The zero-order valence-electron chi connectivity index (χ0n) is 24.0. The maximum absolute atomic E-state index is 13.1. The van der Waals surface area contributed by atoms with E-state index in [4.69, 9.17) is 14.2 Å². The fourth-order valence-corrected chi connectivity index (χ4v) is 4.92. The molecule has 0 saturated carbocycles. The molecule has 10 heteroatoms. The minimum Gasteiger partial charge on any atom is -0.493 e. The molecule has 1 heterocycles. The fraction of sp³-hybridized carbons (Fsp3) is 0.344. The van der Waals surface area contributed by atoms with Gasteiger partial charge < -0.3 is 14.2 Å². The van der Waals surface area contributed by atoms with Crippen LogP contribution in [0, 0.1) is 0 Å². The Bertz CT molecular complexity index is 1320. The lowest BCUT2D eigenvalue weighted by Gasteiger charge is -2.26. The number of amides is 2. The summed E-state index contributed by atoms with van der Waals surface area (Å²) in [5.41, 5.74) is 3.29. The minimum absolute atomic E-state index is 0.0704. The van der Waals surface area contributed by atoms with Gasteiger partial charge in [-0.2, -0.15) is 0 Å². The van der Waals surface area contributed by atoms with E-state index in [9.17, 15) is 19.2 Å². The van der Waals surface area contributed by atoms with Crippen molar-refractivity contribution >= 4 is 35.3 Å². The van der Waals surface area contributed by atoms with Crippen molar-refractivity contribution in [2.24, 2.45) is 0 Å². The monoisotopic (exact) mass is 592 g/mol. The van der Waals surface area contributed by atoms with E-state index in [1.807, 2.05) is 68.4 Å². The molecule has 0 aliphatic rings. The number of esters is 2. The van der Waals surface area contributed by atoms with Gasteiger partial charge in [0.1, 0.15) is 23.2 Å². The second-order valence-corrected chi connectivity index (χ2v) is 11.3. The molecule has 42 heavy (non-hydrogen) atoms. The van der Waals surface area contributed by atoms with Crippen LogP contribution in [-0.4, -0.2) is 39.9 Å². The largest absolute Gasteiger partial charge is 0.493 e. The summed E-state index contributed by atoms with van der Waals surface area (Å²) in [6.45, 7) is 5.85. The highest BCUT2D eigenvalue weighted by Crippen LogP contribution is 2.32. The van der Waals surface area contributed by atoms with Gasteiger partial charge in [0, 0.05) is 30.3 Å². The van der Waals surface area contributed by atoms with Gasteiger partial charge in [-0.3, -0.25) is 29.5 Å². The first kappa shape index (κ1) is 32.3. The Morgan fingerprint density at radius 1 is 1.02 bits per heavy atom. The number of hydrogen-bond donors (Lipinski definition) is 1. The number of carbonyl (C=O) groups excluding carboxylic acids is 4. The predicted octanol–water partition coefficient (Wildman–Crippen LogP) is 5.75. The normalized spacial score (nSPS) is 12.8. The second kappa shape index (κ2) is 16.3. The van der Waals surface area contributed by atoms with E-state index >= 15 is 0 Å². The van der Waals surface area contributed by atoms with Crippen molar-refractivity contribution in [1.29, 1.82) is 0 Å². The van der Waals surface area contributed by atoms with E-state index in [-0.39, 0.29) is 31.5 Å². The standard InChI is InChI=1S/C32H36N2O7S/c1-4-8-29(36)41-23(2)26-13-14-27(33-20-26)17-18-39-28-15-11-24(12-16-28)19-32(3,42-31(38)34-22-35)30(37)40-21-25-9-6-5-7-10-25/h5-7,9-16,20,22-23H,4,8,17-19,21H2,1-3H3,(H,34,35,38). The van der Waals surface area contributed by atoms with Crippen LogP contribution in [0.25, 0.3) is 0 Å². The Hall–Kier alpha value is -4.18. The van der Waals surface area contributed by atoms with Crippen LogP contribution in [0.1, 0.15) is 62.1 Å². The second-order valence-electron chi connectivity index (χ2n) is 9.83. The molecule has 3 rings (SSSR count). The number of hydrogen-bond acceptors (Lipinski definition) is 9. The molecular weight excluding hydrogens is 556 g/mol. The van der Waals surface area contributed by atoms with Crippen molar-refractivity contribution in [2.45, 2.75) is 63.9 Å². The molecule has 0 radical (unpaired) electrons. The maximum atomic E-state index is 13.1. The third-order valence-electron chi connectivity index (χ3n) is 6.31. The third-order valence-corrected chi connectivity index (χ3v) is 7.38. The Morgan fingerprint density at radius 3 is 2.40 bits per heavy atom. The Balaban J connectivity index is 1.55. The summed E-state index contributed by atoms with van der Waals surface area (Å²) in [6.07, 6.45) is 3.56. The first-order valence-corrected chi connectivity index (χ1v) is 14.5. The molecule has 2 atom stereocenters. The molecule has 3 aromatic rings. The molecular formula is C32H36N2O7S. The van der Waals surface area contributed by atoms with Crippen LogP contribution >= 0.6 is 11.8 Å². The van der Waals surface area contributed by atoms with Crippen molar-refractivity contribution in [2.75, 3.05) is 6.61 Å². The van der Waals surface area contributed by atoms with Crippen LogP contribution in [0.4, 0.5) is 4.79 Å². The van der Waals surface area contributed by atoms with E-state index < -0.39 is 16.0 Å². The molecule has 0 saturated heterocycles. The van der Waals surface area contributed by atoms with Crippen LogP contribution in [-0.2, 0) is 43.3 Å². The topological polar surface area (TPSA) is 121 Å². The number of imide groups is 1. The molecule has 9 nitrogen and oxygen atoms in total. The zero-order chi connectivity index (χ0) is 30.4. The van der Waals surface area contributed by atoms with Gasteiger partial charge >= 0.3 is 11.9 Å². The van der Waals surface area contributed by atoms with E-state index in [0.29, 0.717) is 37.0 Å². The quantitative estimate of drug-likeness (QED) is 0.174. The molecule has 1 N–H and O–H groups in total. The van der Waals surface area contributed by atoms with E-state index in [0.717, 1.165) is 28.8 Å². The predicted molar refractivity (Wildman–Crippen MR) is 160 cm³/mol. The average Bonchev–Trinajstić information content (AvgIpc) is 2.97. The molecule has 1 aromatic heterocycles. The van der Waals surface area contributed by atoms with Gasteiger partial charge in [0.15, 0.2) is 0 Å². The van der Waals surface area contributed by atoms with E-state index in [1.165, 1.54) is 0 Å². The molecule has 2 amide bonds. The van der Waals surface area contributed by atoms with Crippen molar-refractivity contribution in [1.82, 2.24) is 10.3 Å². The highest BCUT2D eigenvalue weighted by atomic mass is 32.2. The summed E-state index contributed by atoms with van der Waals surface area (Å²) in [7, 11) is 0. The first-order valence-electron chi connectivity index (χ1n) is 13.7. The van der Waals surface area contributed by atoms with Gasteiger partial charge in [0.25, 0.3) is 5.24 Å². The summed E-state index contributed by atoms with van der Waals surface area (Å²) in [5.74, 6) is -0.139. The first-order chi connectivity index (χ1) is 20.2. The lowest BCUT2D eigenvalue weighted by Crippen LogP contribution is -2.39.